The van der Waals surface area contributed by atoms with Crippen LogP contribution in [0.1, 0.15) is 12.5 Å². The van der Waals surface area contributed by atoms with Gasteiger partial charge in [0.15, 0.2) is 4.91 Å². The minimum absolute atomic E-state index is 0.0296. The predicted molar refractivity (Wildman–Crippen MR) is 99.7 cm³/mol. The molecule has 0 radical (unpaired) electrons. The van der Waals surface area contributed by atoms with Gasteiger partial charge in [-0.1, -0.05) is 19.1 Å². The van der Waals surface area contributed by atoms with E-state index in [1.54, 1.807) is 0 Å². The van der Waals surface area contributed by atoms with Gasteiger partial charge in [-0.15, -0.1) is 0 Å². The molecule has 0 saturated heterocycles. The standard InChI is InChI=1S/C19H21NO5S/c1-4-14-5-7-15(8-6-14)20-13-18(19(21)25-3)26(22,23)17-11-9-16(24-2)10-12-17/h5-13,20H,4H2,1-3H3/b18-13-. The number of hydrogen-bond acceptors (Lipinski definition) is 6. The first-order chi connectivity index (χ1) is 12.4. The summed E-state index contributed by atoms with van der Waals surface area (Å²) in [6, 6.07) is 13.2. The van der Waals surface area contributed by atoms with Gasteiger partial charge in [-0.25, -0.2) is 13.2 Å². The van der Waals surface area contributed by atoms with Gasteiger partial charge in [0.1, 0.15) is 5.75 Å². The Bertz CT molecular complexity index is 885. The molecule has 0 fully saturated rings. The third kappa shape index (κ3) is 4.43. The van der Waals surface area contributed by atoms with E-state index in [-0.39, 0.29) is 4.90 Å². The lowest BCUT2D eigenvalue weighted by Crippen LogP contribution is -2.17. The summed E-state index contributed by atoms with van der Waals surface area (Å²) in [5.74, 6) is -0.430. The number of esters is 1. The number of aryl methyl sites for hydroxylation is 1. The normalized spacial score (nSPS) is 11.7. The molecule has 0 atom stereocenters. The quantitative estimate of drug-likeness (QED) is 0.591. The summed E-state index contributed by atoms with van der Waals surface area (Å²) in [5, 5.41) is 2.84. The van der Waals surface area contributed by atoms with Gasteiger partial charge in [0.2, 0.25) is 9.84 Å². The Balaban J connectivity index is 2.36. The largest absolute Gasteiger partial charge is 0.497 e. The van der Waals surface area contributed by atoms with Gasteiger partial charge < -0.3 is 14.8 Å². The molecule has 2 aromatic carbocycles. The Kier molecular flexibility index (Phi) is 6.41. The molecular formula is C19H21NO5S. The average molecular weight is 375 g/mol. The van der Waals surface area contributed by atoms with Crippen LogP contribution in [0.2, 0.25) is 0 Å². The molecule has 0 heterocycles. The van der Waals surface area contributed by atoms with Crippen LogP contribution in [0.4, 0.5) is 5.69 Å². The highest BCUT2D eigenvalue weighted by Crippen LogP contribution is 2.23. The van der Waals surface area contributed by atoms with E-state index in [4.69, 9.17) is 4.74 Å². The molecule has 7 heteroatoms. The molecule has 138 valence electrons. The van der Waals surface area contributed by atoms with Crippen LogP contribution in [0, 0.1) is 0 Å². The summed E-state index contributed by atoms with van der Waals surface area (Å²) < 4.78 is 35.3. The van der Waals surface area contributed by atoms with Crippen LogP contribution < -0.4 is 10.1 Å². The molecule has 26 heavy (non-hydrogen) atoms. The summed E-state index contributed by atoms with van der Waals surface area (Å²) in [5.41, 5.74) is 1.81. The molecule has 0 aliphatic carbocycles. The fraction of sp³-hybridized carbons (Fsp3) is 0.211. The van der Waals surface area contributed by atoms with Crippen molar-refractivity contribution in [2.75, 3.05) is 19.5 Å². The molecule has 2 rings (SSSR count). The summed E-state index contributed by atoms with van der Waals surface area (Å²) in [7, 11) is -1.43. The highest BCUT2D eigenvalue weighted by molar-refractivity contribution is 7.96. The van der Waals surface area contributed by atoms with Crippen molar-refractivity contribution in [2.45, 2.75) is 18.2 Å². The zero-order chi connectivity index (χ0) is 19.2. The second-order valence-electron chi connectivity index (χ2n) is 5.37. The Hall–Kier alpha value is -2.80. The van der Waals surface area contributed by atoms with E-state index in [0.29, 0.717) is 11.4 Å². The van der Waals surface area contributed by atoms with E-state index in [1.165, 1.54) is 31.4 Å². The monoisotopic (exact) mass is 375 g/mol. The number of carbonyl (C=O) groups is 1. The van der Waals surface area contributed by atoms with Crippen molar-refractivity contribution >= 4 is 21.5 Å². The van der Waals surface area contributed by atoms with Crippen molar-refractivity contribution in [2.24, 2.45) is 0 Å². The minimum atomic E-state index is -4.05. The first-order valence-electron chi connectivity index (χ1n) is 7.95. The van der Waals surface area contributed by atoms with Crippen molar-refractivity contribution < 1.29 is 22.7 Å². The smallest absolute Gasteiger partial charge is 0.351 e. The zero-order valence-corrected chi connectivity index (χ0v) is 15.7. The number of hydrogen-bond donors (Lipinski definition) is 1. The zero-order valence-electron chi connectivity index (χ0n) is 14.9. The van der Waals surface area contributed by atoms with Gasteiger partial charge in [-0.2, -0.15) is 0 Å². The average Bonchev–Trinajstić information content (AvgIpc) is 2.68. The summed E-state index contributed by atoms with van der Waals surface area (Å²) >= 11 is 0. The number of anilines is 1. The van der Waals surface area contributed by atoms with Crippen LogP contribution in [0.5, 0.6) is 5.75 Å². The van der Waals surface area contributed by atoms with Gasteiger partial charge in [0, 0.05) is 11.9 Å². The van der Waals surface area contributed by atoms with Crippen LogP contribution in [-0.2, 0) is 25.8 Å². The van der Waals surface area contributed by atoms with Gasteiger partial charge in [0.25, 0.3) is 0 Å². The van der Waals surface area contributed by atoms with Gasteiger partial charge in [-0.05, 0) is 48.4 Å². The molecule has 6 nitrogen and oxygen atoms in total. The fourth-order valence-corrected chi connectivity index (χ4v) is 3.48. The van der Waals surface area contributed by atoms with E-state index in [2.05, 4.69) is 10.1 Å². The van der Waals surface area contributed by atoms with Crippen molar-refractivity contribution in [3.8, 4) is 5.75 Å². The summed E-state index contributed by atoms with van der Waals surface area (Å²) in [6.07, 6.45) is 2.04. The molecule has 1 N–H and O–H groups in total. The summed E-state index contributed by atoms with van der Waals surface area (Å²) in [6.45, 7) is 2.04. The van der Waals surface area contributed by atoms with E-state index < -0.39 is 20.7 Å². The van der Waals surface area contributed by atoms with Crippen molar-refractivity contribution in [3.63, 3.8) is 0 Å². The highest BCUT2D eigenvalue weighted by Gasteiger charge is 2.28. The van der Waals surface area contributed by atoms with Crippen molar-refractivity contribution in [1.29, 1.82) is 0 Å². The number of rotatable bonds is 7. The molecule has 0 aliphatic heterocycles. The van der Waals surface area contributed by atoms with Crippen LogP contribution in [0.25, 0.3) is 0 Å². The SMILES string of the molecule is CCc1ccc(N/C=C(/C(=O)OC)S(=O)(=O)c2ccc(OC)cc2)cc1. The Labute approximate surface area is 153 Å². The van der Waals surface area contributed by atoms with E-state index >= 15 is 0 Å². The maximum atomic E-state index is 12.8. The first kappa shape index (κ1) is 19.5. The molecule has 0 aliphatic rings. The lowest BCUT2D eigenvalue weighted by molar-refractivity contribution is -0.135. The predicted octanol–water partition coefficient (Wildman–Crippen LogP) is 3.16. The molecule has 0 spiro atoms. The summed E-state index contributed by atoms with van der Waals surface area (Å²) in [4.78, 5) is 11.5. The lowest BCUT2D eigenvalue weighted by atomic mass is 10.1. The van der Waals surface area contributed by atoms with Gasteiger partial charge >= 0.3 is 5.97 Å². The lowest BCUT2D eigenvalue weighted by Gasteiger charge is -2.09. The third-order valence-corrected chi connectivity index (χ3v) is 5.53. The Morgan fingerprint density at radius 1 is 1.04 bits per heavy atom. The molecule has 0 saturated carbocycles. The van der Waals surface area contributed by atoms with Crippen molar-refractivity contribution in [3.05, 3.63) is 65.2 Å². The van der Waals surface area contributed by atoms with Crippen molar-refractivity contribution in [1.82, 2.24) is 0 Å². The van der Waals surface area contributed by atoms with E-state index in [1.807, 2.05) is 31.2 Å². The van der Waals surface area contributed by atoms with Gasteiger partial charge in [0.05, 0.1) is 19.1 Å². The molecule has 2 aromatic rings. The molecule has 0 aromatic heterocycles. The van der Waals surface area contributed by atoms with Crippen LogP contribution in [-0.4, -0.2) is 28.6 Å². The number of ether oxygens (including phenoxy) is 2. The topological polar surface area (TPSA) is 81.7 Å². The van der Waals surface area contributed by atoms with Crippen LogP contribution in [0.15, 0.2) is 64.5 Å². The number of benzene rings is 2. The van der Waals surface area contributed by atoms with Crippen LogP contribution in [0.3, 0.4) is 0 Å². The van der Waals surface area contributed by atoms with E-state index in [0.717, 1.165) is 25.3 Å². The number of nitrogens with one attached hydrogen (secondary N) is 1. The Morgan fingerprint density at radius 3 is 2.15 bits per heavy atom. The van der Waals surface area contributed by atoms with Crippen LogP contribution >= 0.6 is 0 Å². The maximum Gasteiger partial charge on any atom is 0.351 e. The minimum Gasteiger partial charge on any atom is -0.497 e. The molecule has 0 unspecified atom stereocenters. The highest BCUT2D eigenvalue weighted by atomic mass is 32.2. The third-order valence-electron chi connectivity index (χ3n) is 3.78. The molecule has 0 bridgehead atoms. The maximum absolute atomic E-state index is 12.8. The second kappa shape index (κ2) is 8.53. The van der Waals surface area contributed by atoms with Gasteiger partial charge in [-0.3, -0.25) is 0 Å². The first-order valence-corrected chi connectivity index (χ1v) is 9.43. The Morgan fingerprint density at radius 2 is 1.65 bits per heavy atom. The van der Waals surface area contributed by atoms with E-state index in [9.17, 15) is 13.2 Å². The number of sulfone groups is 1. The fourth-order valence-electron chi connectivity index (χ4n) is 2.21. The number of carbonyl (C=O) groups excluding carboxylic acids is 1. The second-order valence-corrected chi connectivity index (χ2v) is 7.29. The molecular weight excluding hydrogens is 354 g/mol. The molecule has 0 amide bonds. The number of methoxy groups -OCH3 is 2.